The number of halogens is 2. The van der Waals surface area contributed by atoms with Crippen molar-refractivity contribution in [3.8, 4) is 0 Å². The van der Waals surface area contributed by atoms with Crippen molar-refractivity contribution in [1.82, 2.24) is 0 Å². The zero-order valence-electron chi connectivity index (χ0n) is 10.7. The van der Waals surface area contributed by atoms with E-state index >= 15 is 0 Å². The molecular formula is C16H15ClFN. The lowest BCUT2D eigenvalue weighted by Gasteiger charge is -2.18. The van der Waals surface area contributed by atoms with Crippen molar-refractivity contribution in [3.05, 3.63) is 63.9 Å². The lowest BCUT2D eigenvalue weighted by molar-refractivity contribution is 0.612. The number of hydrogen-bond donors (Lipinski definition) is 1. The smallest absolute Gasteiger partial charge is 0.126 e. The Morgan fingerprint density at radius 3 is 2.84 bits per heavy atom. The van der Waals surface area contributed by atoms with Crippen LogP contribution in [0.3, 0.4) is 0 Å². The predicted octanol–water partition coefficient (Wildman–Crippen LogP) is 4.89. The molecule has 0 spiro atoms. The van der Waals surface area contributed by atoms with Gasteiger partial charge in [0.15, 0.2) is 0 Å². The number of benzene rings is 2. The van der Waals surface area contributed by atoms with Crippen molar-refractivity contribution < 1.29 is 4.39 Å². The Hall–Kier alpha value is -1.54. The van der Waals surface area contributed by atoms with Crippen LogP contribution in [0.4, 0.5) is 10.1 Å². The van der Waals surface area contributed by atoms with Gasteiger partial charge in [-0.25, -0.2) is 4.39 Å². The fraction of sp³-hybridized carbons (Fsp3) is 0.250. The largest absolute Gasteiger partial charge is 0.378 e. The summed E-state index contributed by atoms with van der Waals surface area (Å²) in [4.78, 5) is 0. The Kier molecular flexibility index (Phi) is 3.19. The van der Waals surface area contributed by atoms with Gasteiger partial charge in [0.25, 0.3) is 0 Å². The summed E-state index contributed by atoms with van der Waals surface area (Å²) >= 11 is 6.12. The van der Waals surface area contributed by atoms with Gasteiger partial charge >= 0.3 is 0 Å². The Morgan fingerprint density at radius 2 is 2.00 bits per heavy atom. The lowest BCUT2D eigenvalue weighted by atomic mass is 10.1. The van der Waals surface area contributed by atoms with Crippen LogP contribution in [0.2, 0.25) is 5.02 Å². The summed E-state index contributed by atoms with van der Waals surface area (Å²) < 4.78 is 13.7. The first-order valence-corrected chi connectivity index (χ1v) is 6.83. The predicted molar refractivity (Wildman–Crippen MR) is 77.3 cm³/mol. The molecule has 1 atom stereocenters. The average molecular weight is 276 g/mol. The second kappa shape index (κ2) is 4.86. The van der Waals surface area contributed by atoms with Gasteiger partial charge < -0.3 is 5.32 Å². The standard InChI is InChI=1S/C16H15ClFN/c1-10-13(17)5-3-7-15(10)19-16-9-8-11-12(16)4-2-6-14(11)18/h2-7,16,19H,8-9H2,1H3. The minimum atomic E-state index is -0.0929. The van der Waals surface area contributed by atoms with Gasteiger partial charge in [-0.3, -0.25) is 0 Å². The number of nitrogens with one attached hydrogen (secondary N) is 1. The summed E-state index contributed by atoms with van der Waals surface area (Å²) in [7, 11) is 0. The first kappa shape index (κ1) is 12.5. The van der Waals surface area contributed by atoms with E-state index in [1.807, 2.05) is 31.2 Å². The van der Waals surface area contributed by atoms with Crippen molar-refractivity contribution in [1.29, 1.82) is 0 Å². The molecule has 0 amide bonds. The highest BCUT2D eigenvalue weighted by atomic mass is 35.5. The highest BCUT2D eigenvalue weighted by molar-refractivity contribution is 6.31. The van der Waals surface area contributed by atoms with Gasteiger partial charge in [0, 0.05) is 10.7 Å². The van der Waals surface area contributed by atoms with Crippen molar-refractivity contribution in [2.24, 2.45) is 0 Å². The van der Waals surface area contributed by atoms with Crippen LogP contribution in [0.25, 0.3) is 0 Å². The van der Waals surface area contributed by atoms with Crippen molar-refractivity contribution >= 4 is 17.3 Å². The van der Waals surface area contributed by atoms with E-state index in [4.69, 9.17) is 11.6 Å². The van der Waals surface area contributed by atoms with Gasteiger partial charge in [-0.2, -0.15) is 0 Å². The van der Waals surface area contributed by atoms with E-state index < -0.39 is 0 Å². The van der Waals surface area contributed by atoms with Crippen molar-refractivity contribution in [2.45, 2.75) is 25.8 Å². The fourth-order valence-corrected chi connectivity index (χ4v) is 2.89. The molecule has 1 aliphatic rings. The quantitative estimate of drug-likeness (QED) is 0.823. The Bertz CT molecular complexity index is 624. The molecule has 3 heteroatoms. The van der Waals surface area contributed by atoms with Gasteiger partial charge in [0.05, 0.1) is 6.04 Å². The van der Waals surface area contributed by atoms with Crippen LogP contribution in [0.5, 0.6) is 0 Å². The first-order chi connectivity index (χ1) is 9.16. The summed E-state index contributed by atoms with van der Waals surface area (Å²) in [5.74, 6) is -0.0929. The number of anilines is 1. The lowest BCUT2D eigenvalue weighted by Crippen LogP contribution is -2.08. The molecule has 0 radical (unpaired) electrons. The van der Waals surface area contributed by atoms with Crippen LogP contribution in [-0.2, 0) is 6.42 Å². The number of rotatable bonds is 2. The van der Waals surface area contributed by atoms with E-state index in [0.717, 1.165) is 40.2 Å². The molecule has 0 aliphatic heterocycles. The van der Waals surface area contributed by atoms with Crippen LogP contribution in [0.15, 0.2) is 36.4 Å². The molecule has 1 unspecified atom stereocenters. The van der Waals surface area contributed by atoms with Crippen molar-refractivity contribution in [2.75, 3.05) is 5.32 Å². The van der Waals surface area contributed by atoms with Gasteiger partial charge in [-0.05, 0) is 54.7 Å². The van der Waals surface area contributed by atoms with Crippen LogP contribution >= 0.6 is 11.6 Å². The molecule has 1 aliphatic carbocycles. The highest BCUT2D eigenvalue weighted by Crippen LogP contribution is 2.36. The van der Waals surface area contributed by atoms with E-state index in [1.54, 1.807) is 6.07 Å². The zero-order valence-corrected chi connectivity index (χ0v) is 11.5. The molecule has 1 N–H and O–H groups in total. The molecule has 0 saturated heterocycles. The molecule has 0 bridgehead atoms. The first-order valence-electron chi connectivity index (χ1n) is 6.46. The molecule has 0 fully saturated rings. The second-order valence-electron chi connectivity index (χ2n) is 4.96. The van der Waals surface area contributed by atoms with Crippen LogP contribution in [0.1, 0.15) is 29.2 Å². The molecule has 2 aromatic carbocycles. The van der Waals surface area contributed by atoms with Gasteiger partial charge in [0.2, 0.25) is 0 Å². The fourth-order valence-electron chi connectivity index (χ4n) is 2.71. The summed E-state index contributed by atoms with van der Waals surface area (Å²) in [6, 6.07) is 11.3. The molecule has 2 aromatic rings. The molecule has 3 rings (SSSR count). The van der Waals surface area contributed by atoms with E-state index in [1.165, 1.54) is 6.07 Å². The normalized spacial score (nSPS) is 17.3. The van der Waals surface area contributed by atoms with E-state index in [0.29, 0.717) is 0 Å². The summed E-state index contributed by atoms with van der Waals surface area (Å²) in [5.41, 5.74) is 3.97. The van der Waals surface area contributed by atoms with Gasteiger partial charge in [0.1, 0.15) is 5.82 Å². The molecule has 0 saturated carbocycles. The zero-order chi connectivity index (χ0) is 13.4. The highest BCUT2D eigenvalue weighted by Gasteiger charge is 2.25. The summed E-state index contributed by atoms with van der Waals surface area (Å²) in [6.07, 6.45) is 1.71. The molecule has 1 nitrogen and oxygen atoms in total. The third kappa shape index (κ3) is 2.21. The topological polar surface area (TPSA) is 12.0 Å². The Morgan fingerprint density at radius 1 is 1.21 bits per heavy atom. The summed E-state index contributed by atoms with van der Waals surface area (Å²) in [5, 5.41) is 4.23. The van der Waals surface area contributed by atoms with E-state index in [-0.39, 0.29) is 11.9 Å². The van der Waals surface area contributed by atoms with Gasteiger partial charge in [-0.15, -0.1) is 0 Å². The maximum Gasteiger partial charge on any atom is 0.126 e. The summed E-state index contributed by atoms with van der Waals surface area (Å²) in [6.45, 7) is 1.99. The maximum atomic E-state index is 13.7. The Balaban J connectivity index is 1.91. The number of hydrogen-bond acceptors (Lipinski definition) is 1. The molecular weight excluding hydrogens is 261 g/mol. The van der Waals surface area contributed by atoms with E-state index in [9.17, 15) is 4.39 Å². The molecule has 19 heavy (non-hydrogen) atoms. The minimum Gasteiger partial charge on any atom is -0.378 e. The minimum absolute atomic E-state index is 0.0929. The molecule has 0 aromatic heterocycles. The van der Waals surface area contributed by atoms with E-state index in [2.05, 4.69) is 5.32 Å². The monoisotopic (exact) mass is 275 g/mol. The van der Waals surface area contributed by atoms with Crippen LogP contribution in [-0.4, -0.2) is 0 Å². The van der Waals surface area contributed by atoms with Crippen LogP contribution < -0.4 is 5.32 Å². The third-order valence-corrected chi connectivity index (χ3v) is 4.22. The molecule has 0 heterocycles. The SMILES string of the molecule is Cc1c(Cl)cccc1NC1CCc2c(F)cccc21. The third-order valence-electron chi connectivity index (χ3n) is 3.81. The van der Waals surface area contributed by atoms with Crippen molar-refractivity contribution in [3.63, 3.8) is 0 Å². The second-order valence-corrected chi connectivity index (χ2v) is 5.36. The molecule has 98 valence electrons. The Labute approximate surface area is 117 Å². The maximum absolute atomic E-state index is 13.7. The van der Waals surface area contributed by atoms with Crippen LogP contribution in [0, 0.1) is 12.7 Å². The number of fused-ring (bicyclic) bond motifs is 1. The average Bonchev–Trinajstić information content (AvgIpc) is 2.80. The van der Waals surface area contributed by atoms with Gasteiger partial charge in [-0.1, -0.05) is 29.8 Å².